The molecule has 1 rings (SSSR count). The van der Waals surface area contributed by atoms with Gasteiger partial charge >= 0.3 is 0 Å². The van der Waals surface area contributed by atoms with Gasteiger partial charge in [0.2, 0.25) is 0 Å². The third kappa shape index (κ3) is 6.13. The molecule has 124 valence electrons. The van der Waals surface area contributed by atoms with E-state index in [2.05, 4.69) is 17.6 Å². The Bertz CT molecular complexity index is 555. The van der Waals surface area contributed by atoms with Gasteiger partial charge in [-0.2, -0.15) is 0 Å². The Kier molecular flexibility index (Phi) is 8.08. The first-order chi connectivity index (χ1) is 10.5. The predicted octanol–water partition coefficient (Wildman–Crippen LogP) is 0.836. The summed E-state index contributed by atoms with van der Waals surface area (Å²) in [7, 11) is -1.90. The lowest BCUT2D eigenvalue weighted by Crippen LogP contribution is -2.32. The highest BCUT2D eigenvalue weighted by atomic mass is 32.2. The fraction of sp³-hybridized carbons (Fsp3) is 0.533. The van der Waals surface area contributed by atoms with E-state index in [0.717, 1.165) is 13.0 Å². The molecule has 2 N–H and O–H groups in total. The van der Waals surface area contributed by atoms with Crippen molar-refractivity contribution in [3.05, 3.63) is 29.8 Å². The van der Waals surface area contributed by atoms with E-state index in [9.17, 15) is 13.2 Å². The van der Waals surface area contributed by atoms with E-state index < -0.39 is 9.84 Å². The number of sulfone groups is 1. The molecule has 0 aromatic heterocycles. The summed E-state index contributed by atoms with van der Waals surface area (Å²) in [6.45, 7) is 4.39. The van der Waals surface area contributed by atoms with Gasteiger partial charge in [-0.25, -0.2) is 8.42 Å². The number of hydrogen-bond acceptors (Lipinski definition) is 5. The zero-order valence-electron chi connectivity index (χ0n) is 13.1. The first-order valence-corrected chi connectivity index (χ1v) is 8.97. The maximum atomic E-state index is 12.0. The van der Waals surface area contributed by atoms with Crippen molar-refractivity contribution >= 4 is 15.7 Å². The molecule has 0 aliphatic rings. The van der Waals surface area contributed by atoms with E-state index in [1.54, 1.807) is 0 Å². The number of carbonyl (C=O) groups excluding carboxylic acids is 1. The zero-order valence-corrected chi connectivity index (χ0v) is 13.9. The number of benzene rings is 1. The number of carbonyl (C=O) groups is 1. The van der Waals surface area contributed by atoms with Crippen molar-refractivity contribution < 1.29 is 17.9 Å². The van der Waals surface area contributed by atoms with Crippen LogP contribution in [-0.2, 0) is 14.6 Å². The number of hydrogen-bond donors (Lipinski definition) is 2. The molecule has 1 amide bonds. The number of amides is 1. The summed E-state index contributed by atoms with van der Waals surface area (Å²) in [5, 5.41) is 5.96. The van der Waals surface area contributed by atoms with Crippen LogP contribution in [0, 0.1) is 0 Å². The van der Waals surface area contributed by atoms with Crippen molar-refractivity contribution in [3.63, 3.8) is 0 Å². The van der Waals surface area contributed by atoms with Crippen LogP contribution in [0.25, 0.3) is 0 Å². The average Bonchev–Trinajstić information content (AvgIpc) is 2.52. The largest absolute Gasteiger partial charge is 0.384 e. The second-order valence-electron chi connectivity index (χ2n) is 4.84. The third-order valence-corrected chi connectivity index (χ3v) is 4.74. The van der Waals surface area contributed by atoms with Gasteiger partial charge in [0.15, 0.2) is 9.84 Å². The monoisotopic (exact) mass is 328 g/mol. The minimum Gasteiger partial charge on any atom is -0.384 e. The van der Waals surface area contributed by atoms with E-state index in [0.29, 0.717) is 18.7 Å². The molecule has 0 heterocycles. The number of methoxy groups -OCH3 is 1. The molecule has 0 radical (unpaired) electrons. The average molecular weight is 328 g/mol. The first kappa shape index (κ1) is 18.6. The molecule has 0 fully saturated rings. The highest BCUT2D eigenvalue weighted by Crippen LogP contribution is 2.12. The molecule has 1 aromatic rings. The van der Waals surface area contributed by atoms with E-state index >= 15 is 0 Å². The van der Waals surface area contributed by atoms with E-state index in [1.165, 1.54) is 31.4 Å². The molecule has 1 aromatic carbocycles. The van der Waals surface area contributed by atoms with Crippen LogP contribution in [0.3, 0.4) is 0 Å². The first-order valence-electron chi connectivity index (χ1n) is 7.32. The fourth-order valence-electron chi connectivity index (χ4n) is 1.79. The Morgan fingerprint density at radius 3 is 2.41 bits per heavy atom. The molecule has 0 saturated carbocycles. The van der Waals surface area contributed by atoms with Crippen molar-refractivity contribution in [1.82, 2.24) is 10.6 Å². The van der Waals surface area contributed by atoms with Crippen molar-refractivity contribution in [3.8, 4) is 0 Å². The van der Waals surface area contributed by atoms with Crippen LogP contribution in [0.2, 0.25) is 0 Å². The van der Waals surface area contributed by atoms with Crippen LogP contribution in [0.5, 0.6) is 0 Å². The van der Waals surface area contributed by atoms with Gasteiger partial charge in [-0.1, -0.05) is 6.92 Å². The van der Waals surface area contributed by atoms with E-state index in [1.807, 2.05) is 0 Å². The van der Waals surface area contributed by atoms with Crippen molar-refractivity contribution in [2.45, 2.75) is 18.2 Å². The Balaban J connectivity index is 2.55. The van der Waals surface area contributed by atoms with Crippen LogP contribution >= 0.6 is 0 Å². The minimum absolute atomic E-state index is 0.0713. The molecular formula is C15H24N2O4S. The number of rotatable bonds is 10. The maximum absolute atomic E-state index is 12.0. The topological polar surface area (TPSA) is 84.5 Å². The smallest absolute Gasteiger partial charge is 0.251 e. The summed E-state index contributed by atoms with van der Waals surface area (Å²) in [6, 6.07) is 5.95. The Morgan fingerprint density at radius 2 is 1.82 bits per heavy atom. The molecule has 0 atom stereocenters. The molecule has 0 aliphatic heterocycles. The van der Waals surface area contributed by atoms with Crippen molar-refractivity contribution in [2.24, 2.45) is 0 Å². The van der Waals surface area contributed by atoms with Gasteiger partial charge in [0.1, 0.15) is 0 Å². The molecule has 0 spiro atoms. The van der Waals surface area contributed by atoms with E-state index in [4.69, 9.17) is 4.74 Å². The van der Waals surface area contributed by atoms with Crippen LogP contribution in [0.1, 0.15) is 23.7 Å². The van der Waals surface area contributed by atoms with Gasteiger partial charge in [0, 0.05) is 25.8 Å². The Hall–Kier alpha value is -1.44. The molecule has 0 bridgehead atoms. The van der Waals surface area contributed by atoms with Crippen LogP contribution < -0.4 is 10.6 Å². The van der Waals surface area contributed by atoms with Crippen molar-refractivity contribution in [1.29, 1.82) is 0 Å². The van der Waals surface area contributed by atoms with Crippen molar-refractivity contribution in [2.75, 3.05) is 39.1 Å². The van der Waals surface area contributed by atoms with Gasteiger partial charge in [-0.15, -0.1) is 0 Å². The second kappa shape index (κ2) is 9.55. The van der Waals surface area contributed by atoms with Crippen LogP contribution in [0.4, 0.5) is 0 Å². The van der Waals surface area contributed by atoms with Crippen LogP contribution in [-0.4, -0.2) is 53.4 Å². The number of nitrogens with one attached hydrogen (secondary N) is 2. The predicted molar refractivity (Wildman–Crippen MR) is 85.9 cm³/mol. The van der Waals surface area contributed by atoms with Gasteiger partial charge in [0.25, 0.3) is 5.91 Å². The zero-order chi connectivity index (χ0) is 16.4. The third-order valence-electron chi connectivity index (χ3n) is 3.05. The fourth-order valence-corrected chi connectivity index (χ4v) is 2.97. The Morgan fingerprint density at radius 1 is 1.14 bits per heavy atom. The molecule has 0 aliphatic carbocycles. The molecule has 0 unspecified atom stereocenters. The Labute approximate surface area is 132 Å². The summed E-state index contributed by atoms with van der Waals surface area (Å²) in [5.41, 5.74) is 0.446. The van der Waals surface area contributed by atoms with Gasteiger partial charge in [-0.3, -0.25) is 4.79 Å². The number of ether oxygens (including phenoxy) is 1. The minimum atomic E-state index is -3.36. The summed E-state index contributed by atoms with van der Waals surface area (Å²) in [6.07, 6.45) is 1.05. The normalized spacial score (nSPS) is 11.4. The lowest BCUT2D eigenvalue weighted by Gasteiger charge is -2.07. The maximum Gasteiger partial charge on any atom is 0.251 e. The highest BCUT2D eigenvalue weighted by Gasteiger charge is 2.14. The summed E-state index contributed by atoms with van der Waals surface area (Å²) >= 11 is 0. The van der Waals surface area contributed by atoms with Gasteiger partial charge in [0.05, 0.1) is 17.3 Å². The molecule has 7 heteroatoms. The summed E-state index contributed by atoms with van der Waals surface area (Å²) in [4.78, 5) is 12.1. The lowest BCUT2D eigenvalue weighted by atomic mass is 10.2. The molecule has 22 heavy (non-hydrogen) atoms. The SMILES string of the molecule is CCCNCCNC(=O)c1ccc(S(=O)(=O)CCOC)cc1. The molecule has 0 saturated heterocycles. The second-order valence-corrected chi connectivity index (χ2v) is 6.95. The standard InChI is InChI=1S/C15H24N2O4S/c1-3-8-16-9-10-17-15(18)13-4-6-14(7-5-13)22(19,20)12-11-21-2/h4-7,16H,3,8-12H2,1-2H3,(H,17,18). The summed E-state index contributed by atoms with van der Waals surface area (Å²) < 4.78 is 28.7. The van der Waals surface area contributed by atoms with Gasteiger partial charge in [-0.05, 0) is 37.2 Å². The van der Waals surface area contributed by atoms with Gasteiger partial charge < -0.3 is 15.4 Å². The molecule has 6 nitrogen and oxygen atoms in total. The van der Waals surface area contributed by atoms with E-state index in [-0.39, 0.29) is 23.2 Å². The molecular weight excluding hydrogens is 304 g/mol. The lowest BCUT2D eigenvalue weighted by molar-refractivity contribution is 0.0954. The summed E-state index contributed by atoms with van der Waals surface area (Å²) in [5.74, 6) is -0.280. The quantitative estimate of drug-likeness (QED) is 0.622. The van der Waals surface area contributed by atoms with Crippen LogP contribution in [0.15, 0.2) is 29.2 Å². The highest BCUT2D eigenvalue weighted by molar-refractivity contribution is 7.91.